The van der Waals surface area contributed by atoms with Gasteiger partial charge >= 0.3 is 6.18 Å². The molecule has 1 aromatic heterocycles. The Morgan fingerprint density at radius 1 is 1.37 bits per heavy atom. The predicted octanol–water partition coefficient (Wildman–Crippen LogP) is 5.43. The highest BCUT2D eigenvalue weighted by molar-refractivity contribution is 7.09. The lowest BCUT2D eigenvalue weighted by molar-refractivity contribution is -0.137. The van der Waals surface area contributed by atoms with E-state index in [2.05, 4.69) is 32.3 Å². The molecule has 2 aromatic rings. The number of amides is 1. The SMILES string of the molecule is C=Cc1ccc(C(F)(F)F)cc1C(=O)/N=c1\sc(C(C)(C)C)cn1C[C@H]1CCCO1. The van der Waals surface area contributed by atoms with Gasteiger partial charge in [0.05, 0.1) is 18.2 Å². The van der Waals surface area contributed by atoms with Crippen LogP contribution in [0.3, 0.4) is 0 Å². The van der Waals surface area contributed by atoms with Crippen molar-refractivity contribution in [3.8, 4) is 0 Å². The maximum absolute atomic E-state index is 13.1. The summed E-state index contributed by atoms with van der Waals surface area (Å²) in [5, 5.41) is 0. The van der Waals surface area contributed by atoms with Crippen LogP contribution in [0.15, 0.2) is 36.0 Å². The van der Waals surface area contributed by atoms with Crippen LogP contribution < -0.4 is 4.80 Å². The molecule has 3 rings (SSSR count). The number of hydrogen-bond acceptors (Lipinski definition) is 3. The number of rotatable bonds is 4. The van der Waals surface area contributed by atoms with Gasteiger partial charge in [-0.05, 0) is 36.0 Å². The standard InChI is InChI=1S/C22H25F3N2O2S/c1-5-14-8-9-15(22(23,24)25)11-17(14)19(28)26-20-27(12-16-7-6-10-29-16)13-18(30-20)21(2,3)4/h5,8-9,11,13,16H,1,6-7,10,12H2,2-4H3/b26-20-/t16-/m1/s1. The van der Waals surface area contributed by atoms with Crippen molar-refractivity contribution in [2.75, 3.05) is 6.61 Å². The van der Waals surface area contributed by atoms with E-state index in [4.69, 9.17) is 4.74 Å². The molecule has 1 aromatic carbocycles. The molecule has 162 valence electrons. The molecule has 1 atom stereocenters. The van der Waals surface area contributed by atoms with E-state index in [1.165, 1.54) is 23.5 Å². The Bertz CT molecular complexity index is 1010. The van der Waals surface area contributed by atoms with Gasteiger partial charge in [0.1, 0.15) is 0 Å². The molecule has 0 radical (unpaired) electrons. The van der Waals surface area contributed by atoms with Crippen LogP contribution in [-0.2, 0) is 22.9 Å². The first-order valence-corrected chi connectivity index (χ1v) is 10.6. The van der Waals surface area contributed by atoms with Gasteiger partial charge in [-0.15, -0.1) is 11.3 Å². The summed E-state index contributed by atoms with van der Waals surface area (Å²) in [6.45, 7) is 11.0. The number of thiazole rings is 1. The van der Waals surface area contributed by atoms with Crippen LogP contribution in [0.1, 0.15) is 60.0 Å². The normalized spacial score (nSPS) is 18.1. The third-order valence-electron chi connectivity index (χ3n) is 4.91. The third kappa shape index (κ3) is 5.10. The molecule has 4 nitrogen and oxygen atoms in total. The van der Waals surface area contributed by atoms with Gasteiger partial charge < -0.3 is 9.30 Å². The first kappa shape index (κ1) is 22.5. The molecule has 0 N–H and O–H groups in total. The number of alkyl halides is 3. The van der Waals surface area contributed by atoms with Crippen LogP contribution in [-0.4, -0.2) is 23.2 Å². The lowest BCUT2D eigenvalue weighted by Gasteiger charge is -2.15. The molecule has 8 heteroatoms. The van der Waals surface area contributed by atoms with Crippen molar-refractivity contribution in [1.82, 2.24) is 4.57 Å². The summed E-state index contributed by atoms with van der Waals surface area (Å²) in [4.78, 5) is 18.6. The van der Waals surface area contributed by atoms with E-state index in [9.17, 15) is 18.0 Å². The van der Waals surface area contributed by atoms with Crippen molar-refractivity contribution in [2.45, 2.75) is 57.9 Å². The molecule has 0 aliphatic carbocycles. The molecular weight excluding hydrogens is 413 g/mol. The quantitative estimate of drug-likeness (QED) is 0.639. The smallest absolute Gasteiger partial charge is 0.376 e. The second-order valence-corrected chi connectivity index (χ2v) is 9.35. The first-order chi connectivity index (χ1) is 14.0. The Balaban J connectivity index is 2.06. The van der Waals surface area contributed by atoms with E-state index in [-0.39, 0.29) is 17.1 Å². The zero-order chi connectivity index (χ0) is 22.1. The molecular formula is C22H25F3N2O2S. The number of nitrogens with zero attached hydrogens (tertiary/aromatic N) is 2. The van der Waals surface area contributed by atoms with Gasteiger partial charge in [0, 0.05) is 23.2 Å². The highest BCUT2D eigenvalue weighted by Gasteiger charge is 2.31. The Morgan fingerprint density at radius 3 is 2.67 bits per heavy atom. The Hall–Kier alpha value is -2.19. The highest BCUT2D eigenvalue weighted by Crippen LogP contribution is 2.31. The van der Waals surface area contributed by atoms with Crippen LogP contribution in [0.4, 0.5) is 13.2 Å². The second-order valence-electron chi connectivity index (χ2n) is 8.34. The van der Waals surface area contributed by atoms with Gasteiger partial charge in [0.15, 0.2) is 4.80 Å². The first-order valence-electron chi connectivity index (χ1n) is 9.74. The Morgan fingerprint density at radius 2 is 2.10 bits per heavy atom. The van der Waals surface area contributed by atoms with Crippen LogP contribution in [0.25, 0.3) is 6.08 Å². The second kappa shape index (κ2) is 8.51. The molecule has 2 heterocycles. The molecule has 0 spiro atoms. The zero-order valence-electron chi connectivity index (χ0n) is 17.3. The monoisotopic (exact) mass is 438 g/mol. The van der Waals surface area contributed by atoms with Crippen LogP contribution in [0.5, 0.6) is 0 Å². The van der Waals surface area contributed by atoms with Gasteiger partial charge in [-0.1, -0.05) is 39.5 Å². The van der Waals surface area contributed by atoms with E-state index in [1.807, 2.05) is 10.8 Å². The van der Waals surface area contributed by atoms with Crippen molar-refractivity contribution in [3.63, 3.8) is 0 Å². The van der Waals surface area contributed by atoms with Crippen LogP contribution >= 0.6 is 11.3 Å². The van der Waals surface area contributed by atoms with E-state index in [1.54, 1.807) is 0 Å². The molecule has 0 saturated carbocycles. The van der Waals surface area contributed by atoms with E-state index < -0.39 is 17.6 Å². The van der Waals surface area contributed by atoms with Gasteiger partial charge in [0.25, 0.3) is 5.91 Å². The minimum absolute atomic E-state index is 0.0405. The number of carbonyl (C=O) groups is 1. The van der Waals surface area contributed by atoms with E-state index in [0.717, 1.165) is 29.9 Å². The fourth-order valence-electron chi connectivity index (χ4n) is 3.20. The average Bonchev–Trinajstić information content (AvgIpc) is 3.31. The summed E-state index contributed by atoms with van der Waals surface area (Å²) in [5.41, 5.74) is -0.841. The summed E-state index contributed by atoms with van der Waals surface area (Å²) in [7, 11) is 0. The lowest BCUT2D eigenvalue weighted by Crippen LogP contribution is -2.23. The summed E-state index contributed by atoms with van der Waals surface area (Å²) in [6.07, 6.45) is 0.724. The summed E-state index contributed by atoms with van der Waals surface area (Å²) in [6, 6.07) is 3.02. The van der Waals surface area contributed by atoms with Crippen molar-refractivity contribution in [1.29, 1.82) is 0 Å². The molecule has 30 heavy (non-hydrogen) atoms. The largest absolute Gasteiger partial charge is 0.416 e. The van der Waals surface area contributed by atoms with Crippen LogP contribution in [0.2, 0.25) is 0 Å². The molecule has 1 aliphatic heterocycles. The summed E-state index contributed by atoms with van der Waals surface area (Å²) >= 11 is 1.37. The van der Waals surface area contributed by atoms with Gasteiger partial charge in [-0.25, -0.2) is 0 Å². The lowest BCUT2D eigenvalue weighted by atomic mass is 9.95. The number of carbonyl (C=O) groups excluding carboxylic acids is 1. The molecule has 1 fully saturated rings. The summed E-state index contributed by atoms with van der Waals surface area (Å²) < 4.78 is 47.0. The highest BCUT2D eigenvalue weighted by atomic mass is 32.1. The minimum atomic E-state index is -4.54. The maximum Gasteiger partial charge on any atom is 0.416 e. The predicted molar refractivity (Wildman–Crippen MR) is 111 cm³/mol. The average molecular weight is 439 g/mol. The fraction of sp³-hybridized carbons (Fsp3) is 0.455. The molecule has 1 aliphatic rings. The van der Waals surface area contributed by atoms with Crippen molar-refractivity contribution >= 4 is 23.3 Å². The number of aromatic nitrogens is 1. The molecule has 1 amide bonds. The Kier molecular flexibility index (Phi) is 6.38. The molecule has 1 saturated heterocycles. The molecule has 0 unspecified atom stereocenters. The third-order valence-corrected chi connectivity index (χ3v) is 6.36. The zero-order valence-corrected chi connectivity index (χ0v) is 18.1. The van der Waals surface area contributed by atoms with Gasteiger partial charge in [0.2, 0.25) is 0 Å². The Labute approximate surface area is 177 Å². The van der Waals surface area contributed by atoms with E-state index >= 15 is 0 Å². The number of ether oxygens (including phenoxy) is 1. The fourth-order valence-corrected chi connectivity index (χ4v) is 4.25. The molecule has 0 bridgehead atoms. The van der Waals surface area contributed by atoms with Crippen LogP contribution in [0, 0.1) is 0 Å². The number of benzene rings is 1. The van der Waals surface area contributed by atoms with E-state index in [0.29, 0.717) is 23.5 Å². The van der Waals surface area contributed by atoms with Crippen molar-refractivity contribution in [2.24, 2.45) is 4.99 Å². The van der Waals surface area contributed by atoms with Crippen molar-refractivity contribution in [3.05, 3.63) is 57.3 Å². The maximum atomic E-state index is 13.1. The number of halogens is 3. The minimum Gasteiger partial charge on any atom is -0.376 e. The topological polar surface area (TPSA) is 43.6 Å². The summed E-state index contributed by atoms with van der Waals surface area (Å²) in [5.74, 6) is -0.723. The van der Waals surface area contributed by atoms with Gasteiger partial charge in [-0.2, -0.15) is 18.2 Å². The van der Waals surface area contributed by atoms with Gasteiger partial charge in [-0.3, -0.25) is 4.79 Å². The van der Waals surface area contributed by atoms with Crippen molar-refractivity contribution < 1.29 is 22.7 Å². The number of hydrogen-bond donors (Lipinski definition) is 0.